The lowest BCUT2D eigenvalue weighted by molar-refractivity contribution is -0.119. The standard InChI is InChI=1S/C15H15NO2/c1-18-11-15(17)16-14-9-7-13(8-10-14)12-5-3-2-4-6-12/h2-10H,11H2,1H3,(H,16,17). The van der Waals surface area contributed by atoms with Gasteiger partial charge in [-0.05, 0) is 23.3 Å². The number of carbonyl (C=O) groups is 1. The van der Waals surface area contributed by atoms with Crippen molar-refractivity contribution in [1.29, 1.82) is 0 Å². The van der Waals surface area contributed by atoms with Crippen LogP contribution in [0.1, 0.15) is 0 Å². The summed E-state index contributed by atoms with van der Waals surface area (Å²) in [5.74, 6) is -0.148. The molecule has 0 aliphatic carbocycles. The molecule has 3 nitrogen and oxygen atoms in total. The van der Waals surface area contributed by atoms with Crippen molar-refractivity contribution in [3.05, 3.63) is 54.6 Å². The van der Waals surface area contributed by atoms with E-state index in [1.54, 1.807) is 0 Å². The lowest BCUT2D eigenvalue weighted by Crippen LogP contribution is -2.16. The molecule has 92 valence electrons. The Hall–Kier alpha value is -2.13. The molecule has 0 fully saturated rings. The first kappa shape index (κ1) is 12.3. The molecule has 2 rings (SSSR count). The van der Waals surface area contributed by atoms with Gasteiger partial charge >= 0.3 is 0 Å². The van der Waals surface area contributed by atoms with Gasteiger partial charge in [0.05, 0.1) is 0 Å². The Morgan fingerprint density at radius 3 is 2.22 bits per heavy atom. The van der Waals surface area contributed by atoms with Gasteiger partial charge in [0.25, 0.3) is 0 Å². The second-order valence-corrected chi connectivity index (χ2v) is 3.92. The third-order valence-corrected chi connectivity index (χ3v) is 2.55. The third kappa shape index (κ3) is 3.18. The summed E-state index contributed by atoms with van der Waals surface area (Å²) in [6.07, 6.45) is 0. The minimum absolute atomic E-state index is 0.0699. The second kappa shape index (κ2) is 5.98. The summed E-state index contributed by atoms with van der Waals surface area (Å²) in [5, 5.41) is 2.76. The van der Waals surface area contributed by atoms with E-state index in [1.165, 1.54) is 7.11 Å². The number of anilines is 1. The monoisotopic (exact) mass is 241 g/mol. The summed E-state index contributed by atoms with van der Waals surface area (Å²) in [5.41, 5.74) is 3.06. The third-order valence-electron chi connectivity index (χ3n) is 2.55. The zero-order chi connectivity index (χ0) is 12.8. The van der Waals surface area contributed by atoms with E-state index >= 15 is 0 Å². The minimum Gasteiger partial charge on any atom is -0.375 e. The van der Waals surface area contributed by atoms with Gasteiger partial charge in [-0.1, -0.05) is 42.5 Å². The smallest absolute Gasteiger partial charge is 0.250 e. The summed E-state index contributed by atoms with van der Waals surface area (Å²) in [4.78, 5) is 11.3. The summed E-state index contributed by atoms with van der Waals surface area (Å²) in [7, 11) is 1.50. The number of rotatable bonds is 4. The Morgan fingerprint density at radius 1 is 1.00 bits per heavy atom. The zero-order valence-electron chi connectivity index (χ0n) is 10.2. The fourth-order valence-electron chi connectivity index (χ4n) is 1.70. The molecule has 0 heterocycles. The number of benzene rings is 2. The number of carbonyl (C=O) groups excluding carboxylic acids is 1. The Bertz CT molecular complexity index is 506. The van der Waals surface area contributed by atoms with Gasteiger partial charge in [-0.25, -0.2) is 0 Å². The van der Waals surface area contributed by atoms with Crippen molar-refractivity contribution in [3.63, 3.8) is 0 Å². The van der Waals surface area contributed by atoms with Crippen LogP contribution >= 0.6 is 0 Å². The molecule has 0 spiro atoms. The van der Waals surface area contributed by atoms with Crippen molar-refractivity contribution < 1.29 is 9.53 Å². The molecule has 0 bridgehead atoms. The number of nitrogens with one attached hydrogen (secondary N) is 1. The maximum absolute atomic E-state index is 11.3. The largest absolute Gasteiger partial charge is 0.375 e. The van der Waals surface area contributed by atoms with Gasteiger partial charge in [0.15, 0.2) is 0 Å². The molecular weight excluding hydrogens is 226 g/mol. The lowest BCUT2D eigenvalue weighted by atomic mass is 10.1. The first-order valence-electron chi connectivity index (χ1n) is 5.74. The van der Waals surface area contributed by atoms with E-state index in [1.807, 2.05) is 42.5 Å². The predicted octanol–water partition coefficient (Wildman–Crippen LogP) is 2.94. The van der Waals surface area contributed by atoms with Crippen LogP contribution in [0.4, 0.5) is 5.69 Å². The maximum Gasteiger partial charge on any atom is 0.250 e. The van der Waals surface area contributed by atoms with E-state index in [2.05, 4.69) is 17.4 Å². The maximum atomic E-state index is 11.3. The fraction of sp³-hybridized carbons (Fsp3) is 0.133. The van der Waals surface area contributed by atoms with Crippen LogP contribution in [0.2, 0.25) is 0 Å². The highest BCUT2D eigenvalue weighted by molar-refractivity contribution is 5.91. The van der Waals surface area contributed by atoms with Crippen molar-refractivity contribution in [2.24, 2.45) is 0 Å². The molecule has 18 heavy (non-hydrogen) atoms. The van der Waals surface area contributed by atoms with Crippen molar-refractivity contribution in [3.8, 4) is 11.1 Å². The topological polar surface area (TPSA) is 38.3 Å². The van der Waals surface area contributed by atoms with Gasteiger partial charge < -0.3 is 10.1 Å². The highest BCUT2D eigenvalue weighted by atomic mass is 16.5. The molecule has 0 unspecified atom stereocenters. The lowest BCUT2D eigenvalue weighted by Gasteiger charge is -2.06. The molecule has 1 N–H and O–H groups in total. The second-order valence-electron chi connectivity index (χ2n) is 3.92. The van der Waals surface area contributed by atoms with Crippen molar-refractivity contribution in [2.45, 2.75) is 0 Å². The van der Waals surface area contributed by atoms with Crippen molar-refractivity contribution in [1.82, 2.24) is 0 Å². The summed E-state index contributed by atoms with van der Waals surface area (Å²) < 4.78 is 4.76. The molecular formula is C15H15NO2. The normalized spacial score (nSPS) is 10.1. The quantitative estimate of drug-likeness (QED) is 0.893. The van der Waals surface area contributed by atoms with Gasteiger partial charge in [-0.3, -0.25) is 4.79 Å². The Labute approximate surface area is 106 Å². The Balaban J connectivity index is 2.09. The van der Waals surface area contributed by atoms with Crippen LogP contribution in [-0.2, 0) is 9.53 Å². The molecule has 0 aromatic heterocycles. The van der Waals surface area contributed by atoms with Crippen molar-refractivity contribution in [2.75, 3.05) is 19.0 Å². The molecule has 0 saturated heterocycles. The first-order chi connectivity index (χ1) is 8.79. The molecule has 0 atom stereocenters. The highest BCUT2D eigenvalue weighted by Gasteiger charge is 2.01. The van der Waals surface area contributed by atoms with Crippen molar-refractivity contribution >= 4 is 11.6 Å². The fourth-order valence-corrected chi connectivity index (χ4v) is 1.70. The van der Waals surface area contributed by atoms with Crippen LogP contribution in [0.3, 0.4) is 0 Å². The number of hydrogen-bond acceptors (Lipinski definition) is 2. The van der Waals surface area contributed by atoms with Gasteiger partial charge in [-0.15, -0.1) is 0 Å². The molecule has 0 saturated carbocycles. The van der Waals surface area contributed by atoms with Crippen LogP contribution in [0, 0.1) is 0 Å². The van der Waals surface area contributed by atoms with E-state index < -0.39 is 0 Å². The van der Waals surface area contributed by atoms with E-state index in [4.69, 9.17) is 4.74 Å². The predicted molar refractivity (Wildman–Crippen MR) is 72.4 cm³/mol. The average Bonchev–Trinajstić information content (AvgIpc) is 2.41. The summed E-state index contributed by atoms with van der Waals surface area (Å²) >= 11 is 0. The molecule has 3 heteroatoms. The van der Waals surface area contributed by atoms with Crippen LogP contribution in [0.5, 0.6) is 0 Å². The Kier molecular flexibility index (Phi) is 4.10. The van der Waals surface area contributed by atoms with Crippen LogP contribution < -0.4 is 5.32 Å². The number of ether oxygens (including phenoxy) is 1. The molecule has 0 aliphatic rings. The van der Waals surface area contributed by atoms with E-state index in [-0.39, 0.29) is 12.5 Å². The minimum atomic E-state index is -0.148. The van der Waals surface area contributed by atoms with Crippen LogP contribution in [-0.4, -0.2) is 19.6 Å². The molecule has 2 aromatic carbocycles. The first-order valence-corrected chi connectivity index (χ1v) is 5.74. The molecule has 0 radical (unpaired) electrons. The molecule has 2 aromatic rings. The highest BCUT2D eigenvalue weighted by Crippen LogP contribution is 2.20. The SMILES string of the molecule is COCC(=O)Nc1ccc(-c2ccccc2)cc1. The van der Waals surface area contributed by atoms with Gasteiger partial charge in [0, 0.05) is 12.8 Å². The summed E-state index contributed by atoms with van der Waals surface area (Å²) in [6, 6.07) is 17.8. The number of hydrogen-bond donors (Lipinski definition) is 1. The average molecular weight is 241 g/mol. The molecule has 0 aliphatic heterocycles. The van der Waals surface area contributed by atoms with E-state index in [9.17, 15) is 4.79 Å². The number of methoxy groups -OCH3 is 1. The molecule has 1 amide bonds. The van der Waals surface area contributed by atoms with Crippen LogP contribution in [0.25, 0.3) is 11.1 Å². The van der Waals surface area contributed by atoms with Gasteiger partial charge in [-0.2, -0.15) is 0 Å². The van der Waals surface area contributed by atoms with E-state index in [0.717, 1.165) is 16.8 Å². The van der Waals surface area contributed by atoms with E-state index in [0.29, 0.717) is 0 Å². The number of amides is 1. The zero-order valence-corrected chi connectivity index (χ0v) is 10.2. The van der Waals surface area contributed by atoms with Gasteiger partial charge in [0.1, 0.15) is 6.61 Å². The summed E-state index contributed by atoms with van der Waals surface area (Å²) in [6.45, 7) is 0.0699. The Morgan fingerprint density at radius 2 is 1.61 bits per heavy atom. The van der Waals surface area contributed by atoms with Crippen LogP contribution in [0.15, 0.2) is 54.6 Å². The van der Waals surface area contributed by atoms with Gasteiger partial charge in [0.2, 0.25) is 5.91 Å².